The van der Waals surface area contributed by atoms with Gasteiger partial charge in [0, 0.05) is 4.90 Å². The van der Waals surface area contributed by atoms with Crippen molar-refractivity contribution >= 4 is 22.9 Å². The Balaban J connectivity index is 1.61. The maximum Gasteiger partial charge on any atom is 0.318 e. The van der Waals surface area contributed by atoms with Crippen molar-refractivity contribution in [3.8, 4) is 23.1 Å². The second-order valence-electron chi connectivity index (χ2n) is 5.82. The van der Waals surface area contributed by atoms with Crippen LogP contribution in [-0.2, 0) is 6.61 Å². The Kier molecular flexibility index (Phi) is 4.93. The van der Waals surface area contributed by atoms with E-state index < -0.39 is 0 Å². The summed E-state index contributed by atoms with van der Waals surface area (Å²) in [7, 11) is 1.65. The van der Waals surface area contributed by atoms with Gasteiger partial charge in [0.25, 0.3) is 0 Å². The average Bonchev–Trinajstić information content (AvgIpc) is 3.15. The molecule has 1 N–H and O–H groups in total. The minimum Gasteiger partial charge on any atom is -0.496 e. The van der Waals surface area contributed by atoms with Crippen molar-refractivity contribution in [3.05, 3.63) is 60.3 Å². The molecule has 2 aromatic carbocycles. The lowest BCUT2D eigenvalue weighted by Crippen LogP contribution is -1.99. The molecule has 136 valence electrons. The SMILES string of the molecule is COc1cc(SC)ccc1-c1nc2nc(OCc3ccccc3)ncc2[nH]1. The van der Waals surface area contributed by atoms with Gasteiger partial charge >= 0.3 is 6.01 Å². The first-order valence-corrected chi connectivity index (χ1v) is 9.61. The van der Waals surface area contributed by atoms with Gasteiger partial charge in [-0.2, -0.15) is 4.98 Å². The number of H-pyrrole nitrogens is 1. The quantitative estimate of drug-likeness (QED) is 0.504. The van der Waals surface area contributed by atoms with Crippen LogP contribution in [0, 0.1) is 0 Å². The maximum atomic E-state index is 5.69. The van der Waals surface area contributed by atoms with Crippen LogP contribution in [0.4, 0.5) is 0 Å². The van der Waals surface area contributed by atoms with Crippen molar-refractivity contribution in [2.75, 3.05) is 13.4 Å². The predicted octanol–water partition coefficient (Wildman–Crippen LogP) is 4.33. The topological polar surface area (TPSA) is 72.9 Å². The van der Waals surface area contributed by atoms with Gasteiger partial charge in [0.1, 0.15) is 23.7 Å². The first kappa shape index (κ1) is 17.4. The van der Waals surface area contributed by atoms with E-state index in [0.717, 1.165) is 27.3 Å². The summed E-state index contributed by atoms with van der Waals surface area (Å²) < 4.78 is 11.2. The molecule has 0 aliphatic carbocycles. The Bertz CT molecular complexity index is 1070. The highest BCUT2D eigenvalue weighted by Gasteiger charge is 2.13. The number of rotatable bonds is 6. The third kappa shape index (κ3) is 3.73. The van der Waals surface area contributed by atoms with Crippen LogP contribution in [0.3, 0.4) is 0 Å². The summed E-state index contributed by atoms with van der Waals surface area (Å²) in [5.41, 5.74) is 3.23. The predicted molar refractivity (Wildman–Crippen MR) is 106 cm³/mol. The minimum atomic E-state index is 0.300. The number of hydrogen-bond acceptors (Lipinski definition) is 6. The highest BCUT2D eigenvalue weighted by Crippen LogP contribution is 2.32. The lowest BCUT2D eigenvalue weighted by molar-refractivity contribution is 0.282. The van der Waals surface area contributed by atoms with E-state index in [-0.39, 0.29) is 0 Å². The summed E-state index contributed by atoms with van der Waals surface area (Å²) in [5.74, 6) is 1.44. The lowest BCUT2D eigenvalue weighted by Gasteiger charge is -2.07. The van der Waals surface area contributed by atoms with Gasteiger partial charge < -0.3 is 14.5 Å². The largest absolute Gasteiger partial charge is 0.496 e. The number of aromatic amines is 1. The van der Waals surface area contributed by atoms with Crippen LogP contribution < -0.4 is 9.47 Å². The molecule has 4 aromatic rings. The van der Waals surface area contributed by atoms with E-state index in [1.165, 1.54) is 0 Å². The molecule has 0 aliphatic heterocycles. The summed E-state index contributed by atoms with van der Waals surface area (Å²) in [4.78, 5) is 17.6. The van der Waals surface area contributed by atoms with Crippen molar-refractivity contribution in [1.82, 2.24) is 19.9 Å². The van der Waals surface area contributed by atoms with Gasteiger partial charge in [-0.1, -0.05) is 30.3 Å². The Morgan fingerprint density at radius 2 is 1.93 bits per heavy atom. The van der Waals surface area contributed by atoms with Gasteiger partial charge in [-0.15, -0.1) is 11.8 Å². The number of hydrogen-bond donors (Lipinski definition) is 1. The molecule has 0 unspecified atom stereocenters. The zero-order chi connectivity index (χ0) is 18.6. The van der Waals surface area contributed by atoms with Gasteiger partial charge in [-0.05, 0) is 30.0 Å². The Morgan fingerprint density at radius 1 is 1.07 bits per heavy atom. The second kappa shape index (κ2) is 7.67. The van der Waals surface area contributed by atoms with E-state index in [1.807, 2.05) is 54.8 Å². The molecule has 7 heteroatoms. The molecule has 0 saturated carbocycles. The highest BCUT2D eigenvalue weighted by atomic mass is 32.2. The number of benzene rings is 2. The third-order valence-electron chi connectivity index (χ3n) is 4.09. The molecule has 0 atom stereocenters. The molecule has 0 saturated heterocycles. The lowest BCUT2D eigenvalue weighted by atomic mass is 10.2. The van der Waals surface area contributed by atoms with Gasteiger partial charge in [0.2, 0.25) is 0 Å². The summed E-state index contributed by atoms with van der Waals surface area (Å²) in [6.45, 7) is 0.410. The molecule has 0 aliphatic rings. The van der Waals surface area contributed by atoms with Gasteiger partial charge in [0.05, 0.1) is 18.9 Å². The first-order valence-electron chi connectivity index (χ1n) is 8.38. The van der Waals surface area contributed by atoms with Gasteiger partial charge in [0.15, 0.2) is 5.65 Å². The van der Waals surface area contributed by atoms with E-state index in [4.69, 9.17) is 9.47 Å². The van der Waals surface area contributed by atoms with Crippen molar-refractivity contribution in [1.29, 1.82) is 0 Å². The number of imidazole rings is 1. The van der Waals surface area contributed by atoms with Crippen molar-refractivity contribution in [2.24, 2.45) is 0 Å². The monoisotopic (exact) mass is 378 g/mol. The molecule has 0 fully saturated rings. The maximum absolute atomic E-state index is 5.69. The third-order valence-corrected chi connectivity index (χ3v) is 4.82. The van der Waals surface area contributed by atoms with Crippen LogP contribution >= 0.6 is 11.8 Å². The van der Waals surface area contributed by atoms with E-state index >= 15 is 0 Å². The number of methoxy groups -OCH3 is 1. The number of nitrogens with zero attached hydrogens (tertiary/aromatic N) is 3. The van der Waals surface area contributed by atoms with Gasteiger partial charge in [-0.3, -0.25) is 0 Å². The molecule has 2 aromatic heterocycles. The molecule has 0 spiro atoms. The van der Waals surface area contributed by atoms with Crippen LogP contribution in [0.5, 0.6) is 11.8 Å². The van der Waals surface area contributed by atoms with Crippen LogP contribution in [0.1, 0.15) is 5.56 Å². The van der Waals surface area contributed by atoms with Crippen LogP contribution in [0.15, 0.2) is 59.6 Å². The van der Waals surface area contributed by atoms with E-state index in [0.29, 0.717) is 24.1 Å². The molecular weight excluding hydrogens is 360 g/mol. The first-order chi connectivity index (χ1) is 13.3. The summed E-state index contributed by atoms with van der Waals surface area (Å²) >= 11 is 1.66. The number of thioether (sulfide) groups is 1. The fourth-order valence-electron chi connectivity index (χ4n) is 2.71. The number of nitrogens with one attached hydrogen (secondary N) is 1. The number of aromatic nitrogens is 4. The number of fused-ring (bicyclic) bond motifs is 1. The van der Waals surface area contributed by atoms with Crippen LogP contribution in [0.25, 0.3) is 22.6 Å². The Labute approximate surface area is 161 Å². The fourth-order valence-corrected chi connectivity index (χ4v) is 3.13. The van der Waals surface area contributed by atoms with E-state index in [9.17, 15) is 0 Å². The molecular formula is C20H18N4O2S. The fraction of sp³-hybridized carbons (Fsp3) is 0.150. The van der Waals surface area contributed by atoms with Crippen molar-refractivity contribution < 1.29 is 9.47 Å². The summed E-state index contributed by atoms with van der Waals surface area (Å²) in [5, 5.41) is 0. The standard InChI is InChI=1S/C20H18N4O2S/c1-25-17-10-14(27-2)8-9-15(17)18-22-16-11-21-20(24-19(16)23-18)26-12-13-6-4-3-5-7-13/h3-11H,12H2,1-2H3,(H,21,22,23,24). The van der Waals surface area contributed by atoms with Crippen LogP contribution in [-0.4, -0.2) is 33.3 Å². The Hall–Kier alpha value is -3.06. The minimum absolute atomic E-state index is 0.300. The summed E-state index contributed by atoms with van der Waals surface area (Å²) in [6.07, 6.45) is 3.71. The molecule has 6 nitrogen and oxygen atoms in total. The van der Waals surface area contributed by atoms with Crippen molar-refractivity contribution in [2.45, 2.75) is 11.5 Å². The molecule has 0 bridgehead atoms. The molecule has 4 rings (SSSR count). The van der Waals surface area contributed by atoms with Crippen molar-refractivity contribution in [3.63, 3.8) is 0 Å². The Morgan fingerprint density at radius 3 is 2.70 bits per heavy atom. The molecule has 0 amide bonds. The molecule has 2 heterocycles. The van der Waals surface area contributed by atoms with Gasteiger partial charge in [-0.25, -0.2) is 9.97 Å². The molecule has 27 heavy (non-hydrogen) atoms. The average molecular weight is 378 g/mol. The smallest absolute Gasteiger partial charge is 0.318 e. The zero-order valence-electron chi connectivity index (χ0n) is 15.0. The molecule has 0 radical (unpaired) electrons. The van der Waals surface area contributed by atoms with E-state index in [1.54, 1.807) is 25.1 Å². The van der Waals surface area contributed by atoms with Crippen LogP contribution in [0.2, 0.25) is 0 Å². The zero-order valence-corrected chi connectivity index (χ0v) is 15.8. The van der Waals surface area contributed by atoms with E-state index in [2.05, 4.69) is 19.9 Å². The summed E-state index contributed by atoms with van der Waals surface area (Å²) in [6, 6.07) is 16.2. The number of ether oxygens (including phenoxy) is 2. The normalized spacial score (nSPS) is 10.9. The second-order valence-corrected chi connectivity index (χ2v) is 6.70. The highest BCUT2D eigenvalue weighted by molar-refractivity contribution is 7.98.